The van der Waals surface area contributed by atoms with Gasteiger partial charge in [0.15, 0.2) is 29.1 Å². The van der Waals surface area contributed by atoms with Gasteiger partial charge >= 0.3 is 5.97 Å². The zero-order valence-corrected chi connectivity index (χ0v) is 19.9. The molecule has 5 rings (SSSR count). The minimum Gasteiger partial charge on any atom is -0.489 e. The van der Waals surface area contributed by atoms with Crippen LogP contribution in [0.25, 0.3) is 0 Å². The Bertz CT molecular complexity index is 1130. The van der Waals surface area contributed by atoms with Crippen molar-refractivity contribution in [2.24, 2.45) is 0 Å². The van der Waals surface area contributed by atoms with Crippen LogP contribution in [-0.2, 0) is 11.2 Å². The Labute approximate surface area is 198 Å². The maximum atomic E-state index is 13.2. The predicted molar refractivity (Wildman–Crippen MR) is 124 cm³/mol. The first-order valence-corrected chi connectivity index (χ1v) is 11.7. The van der Waals surface area contributed by atoms with Crippen LogP contribution in [0.2, 0.25) is 0 Å². The van der Waals surface area contributed by atoms with Gasteiger partial charge in [-0.15, -0.1) is 0 Å². The molecule has 0 amide bonds. The number of nitrogen functional groups attached to an aromatic ring is 1. The molecule has 3 heterocycles. The summed E-state index contributed by atoms with van der Waals surface area (Å²) in [7, 11) is 2.02. The molecule has 3 aliphatic heterocycles. The summed E-state index contributed by atoms with van der Waals surface area (Å²) in [5.41, 5.74) is 9.74. The number of esters is 1. The van der Waals surface area contributed by atoms with Gasteiger partial charge in [-0.3, -0.25) is 4.90 Å². The van der Waals surface area contributed by atoms with Crippen LogP contribution in [0.4, 0.5) is 5.69 Å². The monoisotopic (exact) mass is 470 g/mol. The summed E-state index contributed by atoms with van der Waals surface area (Å²) in [5, 5.41) is 0. The Morgan fingerprint density at radius 2 is 1.65 bits per heavy atom. The number of hydrogen-bond acceptors (Lipinski definition) is 9. The van der Waals surface area contributed by atoms with Crippen molar-refractivity contribution in [3.8, 4) is 28.7 Å². The van der Waals surface area contributed by atoms with E-state index in [2.05, 4.69) is 4.90 Å². The highest BCUT2D eigenvalue weighted by Crippen LogP contribution is 2.57. The van der Waals surface area contributed by atoms with E-state index in [0.717, 1.165) is 29.8 Å². The minimum atomic E-state index is -0.648. The van der Waals surface area contributed by atoms with Gasteiger partial charge in [0.2, 0.25) is 12.5 Å². The van der Waals surface area contributed by atoms with E-state index in [1.807, 2.05) is 40.0 Å². The molecule has 2 aromatic carbocycles. The summed E-state index contributed by atoms with van der Waals surface area (Å²) in [4.78, 5) is 15.4. The molecule has 2 aromatic rings. The highest BCUT2D eigenvalue weighted by atomic mass is 16.7. The minimum absolute atomic E-state index is 0.197. The number of nitrogens with zero attached hydrogens (tertiary/aromatic N) is 1. The number of nitrogens with two attached hydrogens (primary N) is 1. The van der Waals surface area contributed by atoms with E-state index in [9.17, 15) is 4.79 Å². The zero-order chi connectivity index (χ0) is 24.0. The average molecular weight is 471 g/mol. The van der Waals surface area contributed by atoms with Gasteiger partial charge in [-0.2, -0.15) is 0 Å². The van der Waals surface area contributed by atoms with E-state index in [-0.39, 0.29) is 24.1 Å². The number of ether oxygens (including phenoxy) is 6. The molecule has 3 aliphatic rings. The maximum absolute atomic E-state index is 13.2. The van der Waals surface area contributed by atoms with Crippen molar-refractivity contribution in [2.45, 2.75) is 39.3 Å². The normalized spacial score (nSPS) is 20.5. The lowest BCUT2D eigenvalue weighted by Crippen LogP contribution is -2.36. The summed E-state index contributed by atoms with van der Waals surface area (Å²) in [6.45, 7) is 7.71. The van der Waals surface area contributed by atoms with E-state index < -0.39 is 12.1 Å². The number of carbonyl (C=O) groups is 1. The van der Waals surface area contributed by atoms with E-state index >= 15 is 0 Å². The third-order valence-corrected chi connectivity index (χ3v) is 6.48. The van der Waals surface area contributed by atoms with Crippen molar-refractivity contribution >= 4 is 11.7 Å². The number of hydrogen-bond donors (Lipinski definition) is 1. The summed E-state index contributed by atoms with van der Waals surface area (Å²) >= 11 is 0. The molecule has 0 bridgehead atoms. The number of cyclic esters (lactones) is 1. The molecular formula is C25H30N2O7. The number of benzene rings is 2. The maximum Gasteiger partial charge on any atom is 0.341 e. The highest BCUT2D eigenvalue weighted by Gasteiger charge is 2.47. The van der Waals surface area contributed by atoms with Gasteiger partial charge in [-0.25, -0.2) is 4.79 Å². The lowest BCUT2D eigenvalue weighted by Gasteiger charge is -2.38. The average Bonchev–Trinajstić information content (AvgIpc) is 3.41. The standard InChI is InChI=1S/C25H30N2O7/c1-5-29-22-18-17(19(26)23(30-6-2)24(22)31-7-3)25(28)34-21(18)20-14-11-16-15(32-12-33-16)10-13(14)8-9-27(20)4/h10-11,20-21H,5-9,12,26H2,1-4H3. The van der Waals surface area contributed by atoms with E-state index in [1.165, 1.54) is 0 Å². The molecule has 182 valence electrons. The summed E-state index contributed by atoms with van der Waals surface area (Å²) in [6, 6.07) is 3.75. The van der Waals surface area contributed by atoms with Gasteiger partial charge in [0.05, 0.1) is 42.7 Å². The van der Waals surface area contributed by atoms with Gasteiger partial charge in [-0.1, -0.05) is 0 Å². The van der Waals surface area contributed by atoms with Crippen LogP contribution in [0.3, 0.4) is 0 Å². The first kappa shape index (κ1) is 22.5. The molecule has 0 aliphatic carbocycles. The van der Waals surface area contributed by atoms with Crippen LogP contribution in [0.1, 0.15) is 60.0 Å². The Hall–Kier alpha value is -3.33. The van der Waals surface area contributed by atoms with E-state index in [1.54, 1.807) is 0 Å². The van der Waals surface area contributed by atoms with Crippen LogP contribution >= 0.6 is 0 Å². The fraction of sp³-hybridized carbons (Fsp3) is 0.480. The second kappa shape index (κ2) is 8.79. The molecule has 34 heavy (non-hydrogen) atoms. The van der Waals surface area contributed by atoms with Gasteiger partial charge in [0.1, 0.15) is 0 Å². The molecular weight excluding hydrogens is 440 g/mol. The zero-order valence-electron chi connectivity index (χ0n) is 19.9. The number of carbonyl (C=O) groups excluding carboxylic acids is 1. The van der Waals surface area contributed by atoms with Gasteiger partial charge in [-0.05, 0) is 57.5 Å². The largest absolute Gasteiger partial charge is 0.489 e. The van der Waals surface area contributed by atoms with Gasteiger partial charge < -0.3 is 34.2 Å². The van der Waals surface area contributed by atoms with E-state index in [4.69, 9.17) is 34.2 Å². The van der Waals surface area contributed by atoms with Crippen LogP contribution in [0.5, 0.6) is 28.7 Å². The number of fused-ring (bicyclic) bond motifs is 3. The van der Waals surface area contributed by atoms with Gasteiger partial charge in [0, 0.05) is 6.54 Å². The van der Waals surface area contributed by atoms with Crippen molar-refractivity contribution in [2.75, 3.05) is 45.9 Å². The molecule has 0 aromatic heterocycles. The molecule has 0 saturated heterocycles. The Morgan fingerprint density at radius 3 is 2.35 bits per heavy atom. The number of likely N-dealkylation sites (N-methyl/N-ethyl adjacent to an activating group) is 1. The van der Waals surface area contributed by atoms with Crippen LogP contribution in [0, 0.1) is 0 Å². The van der Waals surface area contributed by atoms with Crippen molar-refractivity contribution < 1.29 is 33.2 Å². The number of rotatable bonds is 7. The lowest BCUT2D eigenvalue weighted by atomic mass is 9.85. The fourth-order valence-electron chi connectivity index (χ4n) is 5.08. The predicted octanol–water partition coefficient (Wildman–Crippen LogP) is 3.63. The van der Waals surface area contributed by atoms with Crippen molar-refractivity contribution in [1.29, 1.82) is 0 Å². The SMILES string of the molecule is CCOc1c(N)c2c(c(OCC)c1OCC)C(C1c3cc4c(cc3CCN1C)OCO4)OC2=O. The lowest BCUT2D eigenvalue weighted by molar-refractivity contribution is 0.00878. The molecule has 0 spiro atoms. The van der Waals surface area contributed by atoms with Crippen molar-refractivity contribution in [3.63, 3.8) is 0 Å². The molecule has 0 fully saturated rings. The smallest absolute Gasteiger partial charge is 0.341 e. The molecule has 0 saturated carbocycles. The number of anilines is 1. The molecule has 2 unspecified atom stereocenters. The fourth-order valence-corrected chi connectivity index (χ4v) is 5.08. The van der Waals surface area contributed by atoms with Gasteiger partial charge in [0.25, 0.3) is 0 Å². The molecule has 0 radical (unpaired) electrons. The van der Waals surface area contributed by atoms with E-state index in [0.29, 0.717) is 48.4 Å². The Balaban J connectivity index is 1.71. The first-order chi connectivity index (χ1) is 16.5. The second-order valence-electron chi connectivity index (χ2n) is 8.39. The Kier molecular flexibility index (Phi) is 5.81. The van der Waals surface area contributed by atoms with Crippen LogP contribution in [-0.4, -0.2) is 51.1 Å². The third kappa shape index (κ3) is 3.37. The molecule has 2 atom stereocenters. The summed E-state index contributed by atoms with van der Waals surface area (Å²) in [6.07, 6.45) is 0.200. The quantitative estimate of drug-likeness (QED) is 0.480. The summed E-state index contributed by atoms with van der Waals surface area (Å²) in [5.74, 6) is 2.08. The Morgan fingerprint density at radius 1 is 1.00 bits per heavy atom. The second-order valence-corrected chi connectivity index (χ2v) is 8.39. The molecule has 9 nitrogen and oxygen atoms in total. The summed E-state index contributed by atoms with van der Waals surface area (Å²) < 4.78 is 35.1. The topological polar surface area (TPSA) is 102 Å². The highest BCUT2D eigenvalue weighted by molar-refractivity contribution is 6.03. The van der Waals surface area contributed by atoms with Crippen molar-refractivity contribution in [1.82, 2.24) is 4.90 Å². The molecule has 2 N–H and O–H groups in total. The molecule has 9 heteroatoms. The van der Waals surface area contributed by atoms with Crippen LogP contribution < -0.4 is 29.4 Å². The van der Waals surface area contributed by atoms with Crippen LogP contribution in [0.15, 0.2) is 12.1 Å². The first-order valence-electron chi connectivity index (χ1n) is 11.7. The van der Waals surface area contributed by atoms with Crippen molar-refractivity contribution in [3.05, 3.63) is 34.4 Å². The third-order valence-electron chi connectivity index (χ3n) is 6.48.